The molecular formula is C11H14O4. The highest BCUT2D eigenvalue weighted by molar-refractivity contribution is 5.56. The number of ether oxygens (including phenoxy) is 2. The van der Waals surface area contributed by atoms with Crippen LogP contribution in [0.2, 0.25) is 0 Å². The lowest BCUT2D eigenvalue weighted by Gasteiger charge is -2.13. The van der Waals surface area contributed by atoms with Crippen LogP contribution >= 0.6 is 0 Å². The average molecular weight is 210 g/mol. The van der Waals surface area contributed by atoms with Crippen molar-refractivity contribution in [3.05, 3.63) is 17.7 Å². The molecule has 0 amide bonds. The van der Waals surface area contributed by atoms with Gasteiger partial charge in [-0.15, -0.1) is 0 Å². The first kappa shape index (κ1) is 11.4. The second kappa shape index (κ2) is 5.24. The topological polar surface area (TPSA) is 55.8 Å². The third-order valence-corrected chi connectivity index (χ3v) is 2.14. The fraction of sp³-hybridized carbons (Fsp3) is 0.364. The lowest BCUT2D eigenvalue weighted by molar-refractivity contribution is -0.107. The van der Waals surface area contributed by atoms with Crippen LogP contribution in [-0.4, -0.2) is 25.6 Å². The summed E-state index contributed by atoms with van der Waals surface area (Å²) in [5.41, 5.74) is 0.601. The second-order valence-electron chi connectivity index (χ2n) is 3.00. The van der Waals surface area contributed by atoms with E-state index >= 15 is 0 Å². The molecule has 0 unspecified atom stereocenters. The van der Waals surface area contributed by atoms with E-state index in [2.05, 4.69) is 0 Å². The standard InChI is InChI=1S/C11H14O4/c1-14-10-6-5-9(13)8(4-3-7-12)11(10)15-2/h5-7,13H,3-4H2,1-2H3. The Labute approximate surface area is 88.4 Å². The minimum absolute atomic E-state index is 0.120. The molecular weight excluding hydrogens is 196 g/mol. The van der Waals surface area contributed by atoms with E-state index < -0.39 is 0 Å². The number of aldehydes is 1. The molecule has 15 heavy (non-hydrogen) atoms. The largest absolute Gasteiger partial charge is 0.508 e. The molecule has 1 aromatic rings. The van der Waals surface area contributed by atoms with E-state index in [-0.39, 0.29) is 5.75 Å². The number of methoxy groups -OCH3 is 2. The number of benzene rings is 1. The Morgan fingerprint density at radius 2 is 2.07 bits per heavy atom. The lowest BCUT2D eigenvalue weighted by Crippen LogP contribution is -1.97. The Morgan fingerprint density at radius 3 is 2.60 bits per heavy atom. The summed E-state index contributed by atoms with van der Waals surface area (Å²) in [6.07, 6.45) is 1.59. The second-order valence-corrected chi connectivity index (χ2v) is 3.00. The number of phenolic OH excluding ortho intramolecular Hbond substituents is 1. The molecule has 0 aliphatic heterocycles. The average Bonchev–Trinajstić information content (AvgIpc) is 2.27. The molecule has 0 fully saturated rings. The molecule has 1 rings (SSSR count). The number of carbonyl (C=O) groups is 1. The first-order chi connectivity index (χ1) is 7.24. The van der Waals surface area contributed by atoms with Gasteiger partial charge in [-0.2, -0.15) is 0 Å². The number of rotatable bonds is 5. The molecule has 1 aromatic carbocycles. The molecule has 0 saturated heterocycles. The predicted molar refractivity (Wildman–Crippen MR) is 55.6 cm³/mol. The van der Waals surface area contributed by atoms with Crippen molar-refractivity contribution >= 4 is 6.29 Å². The predicted octanol–water partition coefficient (Wildman–Crippen LogP) is 1.54. The van der Waals surface area contributed by atoms with Crippen LogP contribution in [0.15, 0.2) is 12.1 Å². The number of carbonyl (C=O) groups excluding carboxylic acids is 1. The molecule has 4 nitrogen and oxygen atoms in total. The van der Waals surface area contributed by atoms with Gasteiger partial charge in [-0.05, 0) is 18.6 Å². The van der Waals surface area contributed by atoms with Crippen LogP contribution in [0.25, 0.3) is 0 Å². The molecule has 0 heterocycles. The van der Waals surface area contributed by atoms with Gasteiger partial charge in [0.25, 0.3) is 0 Å². The molecule has 0 spiro atoms. The SMILES string of the molecule is COc1ccc(O)c(CCC=O)c1OC. The molecule has 1 N–H and O–H groups in total. The highest BCUT2D eigenvalue weighted by Gasteiger charge is 2.13. The van der Waals surface area contributed by atoms with Crippen molar-refractivity contribution in [3.63, 3.8) is 0 Å². The van der Waals surface area contributed by atoms with Crippen LogP contribution in [0.4, 0.5) is 0 Å². The maximum atomic E-state index is 10.3. The van der Waals surface area contributed by atoms with Gasteiger partial charge >= 0.3 is 0 Å². The summed E-state index contributed by atoms with van der Waals surface area (Å²) in [4.78, 5) is 10.3. The minimum Gasteiger partial charge on any atom is -0.508 e. The Bertz CT molecular complexity index is 347. The normalized spacial score (nSPS) is 9.73. The minimum atomic E-state index is 0.120. The van der Waals surface area contributed by atoms with Gasteiger partial charge in [0.2, 0.25) is 0 Å². The Hall–Kier alpha value is -1.71. The van der Waals surface area contributed by atoms with E-state index in [1.807, 2.05) is 0 Å². The zero-order chi connectivity index (χ0) is 11.3. The van der Waals surface area contributed by atoms with Crippen LogP contribution < -0.4 is 9.47 Å². The Kier molecular flexibility index (Phi) is 3.97. The van der Waals surface area contributed by atoms with Gasteiger partial charge in [-0.1, -0.05) is 0 Å². The Morgan fingerprint density at radius 1 is 1.33 bits per heavy atom. The number of hydrogen-bond donors (Lipinski definition) is 1. The summed E-state index contributed by atoms with van der Waals surface area (Å²) in [7, 11) is 3.03. The van der Waals surface area contributed by atoms with E-state index in [1.54, 1.807) is 6.07 Å². The summed E-state index contributed by atoms with van der Waals surface area (Å²) >= 11 is 0. The van der Waals surface area contributed by atoms with Crippen molar-refractivity contribution in [2.24, 2.45) is 0 Å². The molecule has 0 saturated carbocycles. The van der Waals surface area contributed by atoms with Crippen LogP contribution in [0.5, 0.6) is 17.2 Å². The monoisotopic (exact) mass is 210 g/mol. The van der Waals surface area contributed by atoms with E-state index in [1.165, 1.54) is 20.3 Å². The third-order valence-electron chi connectivity index (χ3n) is 2.14. The van der Waals surface area contributed by atoms with Crippen molar-refractivity contribution in [2.45, 2.75) is 12.8 Å². The van der Waals surface area contributed by atoms with Crippen molar-refractivity contribution < 1.29 is 19.4 Å². The summed E-state index contributed by atoms with van der Waals surface area (Å²) < 4.78 is 10.2. The molecule has 4 heteroatoms. The van der Waals surface area contributed by atoms with Gasteiger partial charge < -0.3 is 19.4 Å². The fourth-order valence-electron chi connectivity index (χ4n) is 1.43. The molecule has 0 aliphatic carbocycles. The zero-order valence-electron chi connectivity index (χ0n) is 8.82. The molecule has 0 aliphatic rings. The lowest BCUT2D eigenvalue weighted by atomic mass is 10.1. The van der Waals surface area contributed by atoms with Crippen LogP contribution in [0, 0.1) is 0 Å². The van der Waals surface area contributed by atoms with Gasteiger partial charge in [0.1, 0.15) is 12.0 Å². The summed E-state index contributed by atoms with van der Waals surface area (Å²) in [5.74, 6) is 1.16. The first-order valence-electron chi connectivity index (χ1n) is 4.61. The van der Waals surface area contributed by atoms with Crippen LogP contribution in [0.1, 0.15) is 12.0 Å². The van der Waals surface area contributed by atoms with Gasteiger partial charge in [0.05, 0.1) is 14.2 Å². The van der Waals surface area contributed by atoms with Crippen LogP contribution in [0.3, 0.4) is 0 Å². The summed E-state index contributed by atoms with van der Waals surface area (Å²) in [5, 5.41) is 9.62. The van der Waals surface area contributed by atoms with Gasteiger partial charge in [-0.3, -0.25) is 0 Å². The molecule has 0 aromatic heterocycles. The van der Waals surface area contributed by atoms with Crippen molar-refractivity contribution in [1.82, 2.24) is 0 Å². The number of aromatic hydroxyl groups is 1. The highest BCUT2D eigenvalue weighted by atomic mass is 16.5. The van der Waals surface area contributed by atoms with E-state index in [4.69, 9.17) is 9.47 Å². The van der Waals surface area contributed by atoms with E-state index in [0.29, 0.717) is 29.9 Å². The summed E-state index contributed by atoms with van der Waals surface area (Å²) in [6.45, 7) is 0. The quantitative estimate of drug-likeness (QED) is 0.749. The molecule has 82 valence electrons. The maximum absolute atomic E-state index is 10.3. The molecule has 0 radical (unpaired) electrons. The fourth-order valence-corrected chi connectivity index (χ4v) is 1.43. The Balaban J connectivity index is 3.13. The van der Waals surface area contributed by atoms with Gasteiger partial charge in [-0.25, -0.2) is 0 Å². The first-order valence-corrected chi connectivity index (χ1v) is 4.61. The van der Waals surface area contributed by atoms with Crippen molar-refractivity contribution in [3.8, 4) is 17.2 Å². The van der Waals surface area contributed by atoms with E-state index in [9.17, 15) is 9.90 Å². The van der Waals surface area contributed by atoms with Crippen LogP contribution in [-0.2, 0) is 11.2 Å². The molecule has 0 bridgehead atoms. The number of hydrogen-bond acceptors (Lipinski definition) is 4. The smallest absolute Gasteiger partial charge is 0.167 e. The highest BCUT2D eigenvalue weighted by Crippen LogP contribution is 2.37. The molecule has 0 atom stereocenters. The van der Waals surface area contributed by atoms with Crippen molar-refractivity contribution in [2.75, 3.05) is 14.2 Å². The van der Waals surface area contributed by atoms with Gasteiger partial charge in [0.15, 0.2) is 11.5 Å². The number of phenols is 1. The zero-order valence-corrected chi connectivity index (χ0v) is 8.82. The van der Waals surface area contributed by atoms with Gasteiger partial charge in [0, 0.05) is 12.0 Å². The third kappa shape index (κ3) is 2.40. The maximum Gasteiger partial charge on any atom is 0.167 e. The van der Waals surface area contributed by atoms with Crippen molar-refractivity contribution in [1.29, 1.82) is 0 Å². The summed E-state index contributed by atoms with van der Waals surface area (Å²) in [6, 6.07) is 3.15. The van der Waals surface area contributed by atoms with E-state index in [0.717, 1.165) is 6.29 Å².